The molecule has 0 saturated heterocycles. The zero-order valence-electron chi connectivity index (χ0n) is 7.52. The fourth-order valence-electron chi connectivity index (χ4n) is 0.952. The molecule has 0 bridgehead atoms. The van der Waals surface area contributed by atoms with Crippen molar-refractivity contribution in [3.05, 3.63) is 27.3 Å². The first-order valence-electron chi connectivity index (χ1n) is 3.88. The fourth-order valence-corrected chi connectivity index (χ4v) is 1.60. The normalized spacial score (nSPS) is 9.46. The van der Waals surface area contributed by atoms with Gasteiger partial charge in [0.05, 0.1) is 0 Å². The van der Waals surface area contributed by atoms with Crippen molar-refractivity contribution in [3.63, 3.8) is 0 Å². The summed E-state index contributed by atoms with van der Waals surface area (Å²) < 4.78 is 1.16. The van der Waals surface area contributed by atoms with E-state index in [1.54, 1.807) is 7.05 Å². The van der Waals surface area contributed by atoms with Gasteiger partial charge in [0, 0.05) is 16.3 Å². The van der Waals surface area contributed by atoms with E-state index >= 15 is 0 Å². The Balaban J connectivity index is 2.83. The van der Waals surface area contributed by atoms with Gasteiger partial charge in [0.2, 0.25) is 0 Å². The Bertz CT molecular complexity index is 325. The van der Waals surface area contributed by atoms with E-state index in [0.29, 0.717) is 0 Å². The summed E-state index contributed by atoms with van der Waals surface area (Å²) in [5.41, 5.74) is 1.91. The zero-order chi connectivity index (χ0) is 9.84. The summed E-state index contributed by atoms with van der Waals surface area (Å²) in [6.07, 6.45) is 0. The lowest BCUT2D eigenvalue weighted by molar-refractivity contribution is 0.254. The second-order valence-electron chi connectivity index (χ2n) is 2.66. The molecule has 1 aromatic carbocycles. The Hall–Kier alpha value is -0.780. The van der Waals surface area contributed by atoms with Gasteiger partial charge in [0.15, 0.2) is 0 Å². The molecule has 0 radical (unpaired) electrons. The van der Waals surface area contributed by atoms with Crippen LogP contribution in [0.3, 0.4) is 0 Å². The molecule has 0 heterocycles. The summed E-state index contributed by atoms with van der Waals surface area (Å²) >= 11 is 2.24. The van der Waals surface area contributed by atoms with Crippen molar-refractivity contribution in [2.75, 3.05) is 12.4 Å². The number of urea groups is 1. The number of nitrogens with one attached hydrogen (secondary N) is 2. The van der Waals surface area contributed by atoms with Crippen molar-refractivity contribution in [1.29, 1.82) is 0 Å². The molecule has 0 aliphatic rings. The van der Waals surface area contributed by atoms with Crippen LogP contribution >= 0.6 is 22.6 Å². The Morgan fingerprint density at radius 3 is 2.69 bits per heavy atom. The second-order valence-corrected chi connectivity index (χ2v) is 3.91. The molecule has 2 amide bonds. The highest BCUT2D eigenvalue weighted by atomic mass is 127. The highest BCUT2D eigenvalue weighted by Crippen LogP contribution is 2.17. The van der Waals surface area contributed by atoms with Gasteiger partial charge in [-0.15, -0.1) is 0 Å². The Kier molecular flexibility index (Phi) is 3.53. The Labute approximate surface area is 91.0 Å². The van der Waals surface area contributed by atoms with Crippen molar-refractivity contribution >= 4 is 34.3 Å². The van der Waals surface area contributed by atoms with Crippen molar-refractivity contribution in [2.24, 2.45) is 0 Å². The van der Waals surface area contributed by atoms with E-state index in [1.165, 1.54) is 0 Å². The highest BCUT2D eigenvalue weighted by Gasteiger charge is 2.01. The van der Waals surface area contributed by atoms with Gasteiger partial charge in [-0.1, -0.05) is 0 Å². The first kappa shape index (κ1) is 10.3. The Morgan fingerprint density at radius 1 is 1.46 bits per heavy atom. The topological polar surface area (TPSA) is 41.1 Å². The van der Waals surface area contributed by atoms with Gasteiger partial charge in [0.1, 0.15) is 0 Å². The average molecular weight is 290 g/mol. The van der Waals surface area contributed by atoms with Gasteiger partial charge in [-0.3, -0.25) is 0 Å². The molecule has 0 saturated carbocycles. The molecule has 3 nitrogen and oxygen atoms in total. The number of anilines is 1. The van der Waals surface area contributed by atoms with E-state index in [2.05, 4.69) is 33.2 Å². The van der Waals surface area contributed by atoms with Gasteiger partial charge >= 0.3 is 6.03 Å². The zero-order valence-corrected chi connectivity index (χ0v) is 9.68. The minimum Gasteiger partial charge on any atom is -0.341 e. The van der Waals surface area contributed by atoms with Crippen LogP contribution in [-0.2, 0) is 0 Å². The maximum Gasteiger partial charge on any atom is 0.318 e. The molecule has 70 valence electrons. The molecule has 0 spiro atoms. The molecular weight excluding hydrogens is 279 g/mol. The van der Waals surface area contributed by atoms with Crippen molar-refractivity contribution < 1.29 is 4.79 Å². The lowest BCUT2D eigenvalue weighted by Gasteiger charge is -2.07. The van der Waals surface area contributed by atoms with Gasteiger partial charge in [0.25, 0.3) is 0 Å². The summed E-state index contributed by atoms with van der Waals surface area (Å²) in [5.74, 6) is 0. The molecular formula is C9H11IN2O. The van der Waals surface area contributed by atoms with E-state index in [1.807, 2.05) is 25.1 Å². The molecule has 0 aromatic heterocycles. The molecule has 2 N–H and O–H groups in total. The number of amides is 2. The predicted octanol–water partition coefficient (Wildman–Crippen LogP) is 2.35. The van der Waals surface area contributed by atoms with Gasteiger partial charge in [-0.25, -0.2) is 4.79 Å². The molecule has 0 aliphatic carbocycles. The van der Waals surface area contributed by atoms with Crippen LogP contribution in [0.25, 0.3) is 0 Å². The molecule has 1 rings (SSSR count). The number of carbonyl (C=O) groups is 1. The standard InChI is InChI=1S/C9H11IN2O/c1-6-5-7(10)3-4-8(6)12-9(13)11-2/h3-5H,1-2H3,(H2,11,12,13). The lowest BCUT2D eigenvalue weighted by Crippen LogP contribution is -2.24. The summed E-state index contributed by atoms with van der Waals surface area (Å²) in [5, 5.41) is 5.24. The molecule has 0 atom stereocenters. The maximum atomic E-state index is 11.0. The number of aryl methyl sites for hydroxylation is 1. The van der Waals surface area contributed by atoms with Crippen molar-refractivity contribution in [2.45, 2.75) is 6.92 Å². The third kappa shape index (κ3) is 2.87. The predicted molar refractivity (Wildman–Crippen MR) is 62.0 cm³/mol. The Morgan fingerprint density at radius 2 is 2.15 bits per heavy atom. The van der Waals surface area contributed by atoms with Crippen LogP contribution in [-0.4, -0.2) is 13.1 Å². The summed E-state index contributed by atoms with van der Waals surface area (Å²) in [6, 6.07) is 5.68. The number of halogens is 1. The molecule has 0 unspecified atom stereocenters. The first-order chi connectivity index (χ1) is 6.13. The van der Waals surface area contributed by atoms with Crippen LogP contribution in [0, 0.1) is 10.5 Å². The largest absolute Gasteiger partial charge is 0.341 e. The van der Waals surface area contributed by atoms with Gasteiger partial charge < -0.3 is 10.6 Å². The van der Waals surface area contributed by atoms with Crippen LogP contribution in [0.2, 0.25) is 0 Å². The molecule has 1 aromatic rings. The summed E-state index contributed by atoms with van der Waals surface area (Å²) in [6.45, 7) is 1.97. The SMILES string of the molecule is CNC(=O)Nc1ccc(I)cc1C. The number of hydrogen-bond donors (Lipinski definition) is 2. The van der Waals surface area contributed by atoms with Crippen LogP contribution in [0.5, 0.6) is 0 Å². The molecule has 13 heavy (non-hydrogen) atoms. The molecule has 0 fully saturated rings. The van der Waals surface area contributed by atoms with Crippen molar-refractivity contribution in [3.8, 4) is 0 Å². The minimum absolute atomic E-state index is 0.190. The third-order valence-electron chi connectivity index (χ3n) is 1.66. The first-order valence-corrected chi connectivity index (χ1v) is 4.96. The van der Waals surface area contributed by atoms with Crippen molar-refractivity contribution in [1.82, 2.24) is 5.32 Å². The highest BCUT2D eigenvalue weighted by molar-refractivity contribution is 14.1. The van der Waals surface area contributed by atoms with E-state index in [4.69, 9.17) is 0 Å². The minimum atomic E-state index is -0.190. The average Bonchev–Trinajstić information content (AvgIpc) is 2.09. The van der Waals surface area contributed by atoms with Crippen LogP contribution in [0.15, 0.2) is 18.2 Å². The lowest BCUT2D eigenvalue weighted by atomic mass is 10.2. The number of hydrogen-bond acceptors (Lipinski definition) is 1. The van der Waals surface area contributed by atoms with Crippen LogP contribution in [0.4, 0.5) is 10.5 Å². The second kappa shape index (κ2) is 4.45. The quantitative estimate of drug-likeness (QED) is 0.766. The van der Waals surface area contributed by atoms with Crippen LogP contribution in [0.1, 0.15) is 5.56 Å². The van der Waals surface area contributed by atoms with Gasteiger partial charge in [-0.2, -0.15) is 0 Å². The summed E-state index contributed by atoms with van der Waals surface area (Å²) in [7, 11) is 1.59. The molecule has 4 heteroatoms. The fraction of sp³-hybridized carbons (Fsp3) is 0.222. The maximum absolute atomic E-state index is 11.0. The van der Waals surface area contributed by atoms with E-state index < -0.39 is 0 Å². The number of rotatable bonds is 1. The molecule has 0 aliphatic heterocycles. The van der Waals surface area contributed by atoms with E-state index in [-0.39, 0.29) is 6.03 Å². The third-order valence-corrected chi connectivity index (χ3v) is 2.33. The monoisotopic (exact) mass is 290 g/mol. The van der Waals surface area contributed by atoms with Crippen LogP contribution < -0.4 is 10.6 Å². The van der Waals surface area contributed by atoms with E-state index in [9.17, 15) is 4.79 Å². The van der Waals surface area contributed by atoms with Gasteiger partial charge in [-0.05, 0) is 53.3 Å². The van der Waals surface area contributed by atoms with E-state index in [0.717, 1.165) is 14.8 Å². The summed E-state index contributed by atoms with van der Waals surface area (Å²) in [4.78, 5) is 11.0. The number of carbonyl (C=O) groups excluding carboxylic acids is 1. The smallest absolute Gasteiger partial charge is 0.318 e. The number of benzene rings is 1.